The first-order valence-electron chi connectivity index (χ1n) is 8.16. The minimum atomic E-state index is -0.0680. The van der Waals surface area contributed by atoms with E-state index in [-0.39, 0.29) is 23.7 Å². The molecule has 2 aromatic rings. The molecule has 7 heteroatoms. The molecule has 2 unspecified atom stereocenters. The first-order chi connectivity index (χ1) is 11.6. The van der Waals surface area contributed by atoms with Crippen molar-refractivity contribution in [2.75, 3.05) is 5.32 Å². The van der Waals surface area contributed by atoms with E-state index in [0.717, 1.165) is 34.2 Å². The molecule has 0 saturated heterocycles. The van der Waals surface area contributed by atoms with Crippen LogP contribution in [0.4, 0.5) is 5.13 Å². The lowest BCUT2D eigenvalue weighted by atomic mass is 9.67. The molecular formula is C17H17ClN2O2S2. The molecule has 2 atom stereocenters. The number of amides is 1. The Balaban J connectivity index is 1.43. The number of thiophene rings is 1. The van der Waals surface area contributed by atoms with E-state index in [1.807, 2.05) is 17.5 Å². The molecule has 2 heterocycles. The summed E-state index contributed by atoms with van der Waals surface area (Å²) < 4.78 is 0.724. The van der Waals surface area contributed by atoms with Crippen molar-refractivity contribution in [2.24, 2.45) is 17.8 Å². The predicted molar refractivity (Wildman–Crippen MR) is 97.6 cm³/mol. The quantitative estimate of drug-likeness (QED) is 0.827. The topological polar surface area (TPSA) is 59.1 Å². The molecule has 126 valence electrons. The molecule has 0 spiro atoms. The lowest BCUT2D eigenvalue weighted by Crippen LogP contribution is -2.40. The molecule has 2 aliphatic carbocycles. The molecule has 24 heavy (non-hydrogen) atoms. The number of rotatable bonds is 3. The highest BCUT2D eigenvalue weighted by Gasteiger charge is 2.41. The van der Waals surface area contributed by atoms with Crippen LogP contribution >= 0.6 is 34.3 Å². The Bertz CT molecular complexity index is 769. The van der Waals surface area contributed by atoms with Crippen LogP contribution in [0, 0.1) is 17.8 Å². The van der Waals surface area contributed by atoms with E-state index in [2.05, 4.69) is 10.3 Å². The summed E-state index contributed by atoms with van der Waals surface area (Å²) in [5.74, 6) is 0.504. The summed E-state index contributed by atoms with van der Waals surface area (Å²) in [6.07, 6.45) is 4.40. The Hall–Kier alpha value is -1.24. The van der Waals surface area contributed by atoms with E-state index in [1.165, 1.54) is 22.7 Å². The summed E-state index contributed by atoms with van der Waals surface area (Å²) in [6.45, 7) is 0. The Kier molecular flexibility index (Phi) is 4.45. The normalized spacial score (nSPS) is 26.4. The van der Waals surface area contributed by atoms with Crippen LogP contribution in [0.25, 0.3) is 10.6 Å². The second-order valence-electron chi connectivity index (χ2n) is 6.53. The third-order valence-corrected chi connectivity index (χ3v) is 6.99. The average Bonchev–Trinajstić information content (AvgIpc) is 3.16. The van der Waals surface area contributed by atoms with Gasteiger partial charge in [0.05, 0.1) is 14.9 Å². The van der Waals surface area contributed by atoms with Gasteiger partial charge in [-0.05, 0) is 37.8 Å². The second kappa shape index (κ2) is 6.58. The average molecular weight is 381 g/mol. The van der Waals surface area contributed by atoms with Gasteiger partial charge >= 0.3 is 0 Å². The molecule has 1 N–H and O–H groups in total. The first-order valence-corrected chi connectivity index (χ1v) is 10.2. The standard InChI is InChI=1S/C17H17ClN2O2S2/c18-14-5-4-13(24-14)12-8-23-17(19-12)20-16(22)11-6-9-2-1-3-10(7-11)15(9)21/h4-5,8-11H,1-3,6-7H2,(H,19,20,22). The number of halogens is 1. The minimum Gasteiger partial charge on any atom is -0.302 e. The largest absolute Gasteiger partial charge is 0.302 e. The van der Waals surface area contributed by atoms with Gasteiger partial charge in [0.25, 0.3) is 0 Å². The number of fused-ring (bicyclic) bond motifs is 2. The molecular weight excluding hydrogens is 364 g/mol. The van der Waals surface area contributed by atoms with Gasteiger partial charge in [0, 0.05) is 23.1 Å². The van der Waals surface area contributed by atoms with Crippen LogP contribution in [0.3, 0.4) is 0 Å². The van der Waals surface area contributed by atoms with Crippen molar-refractivity contribution >= 4 is 51.1 Å². The number of hydrogen-bond donors (Lipinski definition) is 1. The van der Waals surface area contributed by atoms with Crippen LogP contribution in [0.2, 0.25) is 4.34 Å². The molecule has 0 radical (unpaired) electrons. The van der Waals surface area contributed by atoms with Gasteiger partial charge in [-0.3, -0.25) is 9.59 Å². The maximum Gasteiger partial charge on any atom is 0.229 e. The van der Waals surface area contributed by atoms with Gasteiger partial charge in [-0.1, -0.05) is 18.0 Å². The number of hydrogen-bond acceptors (Lipinski definition) is 5. The summed E-state index contributed by atoms with van der Waals surface area (Å²) >= 11 is 8.85. The van der Waals surface area contributed by atoms with Gasteiger partial charge in [0.1, 0.15) is 5.78 Å². The van der Waals surface area contributed by atoms with Crippen LogP contribution in [0.5, 0.6) is 0 Å². The molecule has 0 aliphatic heterocycles. The molecule has 2 bridgehead atoms. The third-order valence-electron chi connectivity index (χ3n) is 4.98. The Morgan fingerprint density at radius 3 is 2.67 bits per heavy atom. The van der Waals surface area contributed by atoms with E-state index >= 15 is 0 Å². The van der Waals surface area contributed by atoms with Gasteiger partial charge in [0.2, 0.25) is 5.91 Å². The number of ketones is 1. The number of thiazole rings is 1. The zero-order chi connectivity index (χ0) is 16.7. The number of anilines is 1. The van der Waals surface area contributed by atoms with E-state index < -0.39 is 0 Å². The van der Waals surface area contributed by atoms with E-state index in [4.69, 9.17) is 11.6 Å². The van der Waals surface area contributed by atoms with Crippen LogP contribution in [-0.4, -0.2) is 16.7 Å². The summed E-state index contributed by atoms with van der Waals surface area (Å²) in [6, 6.07) is 3.78. The SMILES string of the molecule is O=C(Nc1nc(-c2ccc(Cl)s2)cs1)C1CC2CCCC(C1)C2=O. The zero-order valence-electron chi connectivity index (χ0n) is 13.0. The van der Waals surface area contributed by atoms with Crippen LogP contribution in [0.1, 0.15) is 32.1 Å². The monoisotopic (exact) mass is 380 g/mol. The third kappa shape index (κ3) is 3.15. The van der Waals surface area contributed by atoms with Crippen LogP contribution < -0.4 is 5.32 Å². The summed E-state index contributed by atoms with van der Waals surface area (Å²) in [7, 11) is 0. The lowest BCUT2D eigenvalue weighted by Gasteiger charge is -2.36. The number of Topliss-reactive ketones (excluding diaryl/α,β-unsaturated/α-hetero) is 1. The zero-order valence-corrected chi connectivity index (χ0v) is 15.3. The van der Waals surface area contributed by atoms with Crippen molar-refractivity contribution < 1.29 is 9.59 Å². The van der Waals surface area contributed by atoms with Gasteiger partial charge in [-0.25, -0.2) is 4.98 Å². The smallest absolute Gasteiger partial charge is 0.229 e. The van der Waals surface area contributed by atoms with Crippen LogP contribution in [-0.2, 0) is 9.59 Å². The molecule has 2 aromatic heterocycles. The summed E-state index contributed by atoms with van der Waals surface area (Å²) in [5, 5.41) is 5.48. The fourth-order valence-electron chi connectivity index (χ4n) is 3.80. The Morgan fingerprint density at radius 1 is 1.25 bits per heavy atom. The van der Waals surface area contributed by atoms with Gasteiger partial charge < -0.3 is 5.32 Å². The number of carbonyl (C=O) groups excluding carboxylic acids is 2. The highest BCUT2D eigenvalue weighted by atomic mass is 35.5. The molecule has 1 amide bonds. The molecule has 2 aliphatic rings. The fourth-order valence-corrected chi connectivity index (χ4v) is 5.59. The Morgan fingerprint density at radius 2 is 2.00 bits per heavy atom. The van der Waals surface area contributed by atoms with Crippen molar-refractivity contribution in [2.45, 2.75) is 32.1 Å². The number of nitrogens with zero attached hydrogens (tertiary/aromatic N) is 1. The minimum absolute atomic E-state index is 0.00418. The summed E-state index contributed by atoms with van der Waals surface area (Å²) in [5.41, 5.74) is 0.836. The molecule has 2 fully saturated rings. The Labute approximate surface area is 153 Å². The predicted octanol–water partition coefficient (Wildman–Crippen LogP) is 4.86. The summed E-state index contributed by atoms with van der Waals surface area (Å²) in [4.78, 5) is 30.2. The molecule has 4 rings (SSSR count). The number of nitrogens with one attached hydrogen (secondary N) is 1. The molecule has 0 aromatic carbocycles. The highest BCUT2D eigenvalue weighted by molar-refractivity contribution is 7.20. The number of aromatic nitrogens is 1. The van der Waals surface area contributed by atoms with Gasteiger partial charge in [-0.15, -0.1) is 22.7 Å². The maximum absolute atomic E-state index is 12.6. The lowest BCUT2D eigenvalue weighted by molar-refractivity contribution is -0.136. The maximum atomic E-state index is 12.6. The van der Waals surface area contributed by atoms with Gasteiger partial charge in [0.15, 0.2) is 5.13 Å². The van der Waals surface area contributed by atoms with Crippen molar-refractivity contribution in [3.05, 3.63) is 21.8 Å². The van der Waals surface area contributed by atoms with Crippen LogP contribution in [0.15, 0.2) is 17.5 Å². The second-order valence-corrected chi connectivity index (χ2v) is 9.10. The van der Waals surface area contributed by atoms with Crippen molar-refractivity contribution in [1.29, 1.82) is 0 Å². The van der Waals surface area contributed by atoms with Crippen molar-refractivity contribution in [1.82, 2.24) is 4.98 Å². The highest BCUT2D eigenvalue weighted by Crippen LogP contribution is 2.40. The van der Waals surface area contributed by atoms with E-state index in [0.29, 0.717) is 23.8 Å². The molecule has 2 saturated carbocycles. The molecule has 4 nitrogen and oxygen atoms in total. The van der Waals surface area contributed by atoms with E-state index in [9.17, 15) is 9.59 Å². The van der Waals surface area contributed by atoms with Crippen molar-refractivity contribution in [3.63, 3.8) is 0 Å². The van der Waals surface area contributed by atoms with Gasteiger partial charge in [-0.2, -0.15) is 0 Å². The van der Waals surface area contributed by atoms with E-state index in [1.54, 1.807) is 0 Å². The van der Waals surface area contributed by atoms with Crippen molar-refractivity contribution in [3.8, 4) is 10.6 Å². The number of carbonyl (C=O) groups is 2. The first kappa shape index (κ1) is 16.2. The fraction of sp³-hybridized carbons (Fsp3) is 0.471.